The molecule has 1 N–H and O–H groups in total. The van der Waals surface area contributed by atoms with Crippen LogP contribution in [0.5, 0.6) is 5.75 Å². The monoisotopic (exact) mass is 330 g/mol. The predicted molar refractivity (Wildman–Crippen MR) is 80.2 cm³/mol. The summed E-state index contributed by atoms with van der Waals surface area (Å²) in [5, 5.41) is 0. The van der Waals surface area contributed by atoms with Gasteiger partial charge in [0, 0.05) is 16.1 Å². The van der Waals surface area contributed by atoms with E-state index in [0.717, 1.165) is 21.3 Å². The van der Waals surface area contributed by atoms with Crippen LogP contribution >= 0.6 is 15.9 Å². The van der Waals surface area contributed by atoms with E-state index in [9.17, 15) is 4.79 Å². The Labute approximate surface area is 123 Å². The number of aromatic amines is 1. The zero-order valence-corrected chi connectivity index (χ0v) is 12.3. The Morgan fingerprint density at radius 1 is 1.20 bits per heavy atom. The molecule has 4 nitrogen and oxygen atoms in total. The number of benzene rings is 2. The maximum absolute atomic E-state index is 12.3. The van der Waals surface area contributed by atoms with Crippen molar-refractivity contribution >= 4 is 32.7 Å². The molecule has 2 aromatic carbocycles. The normalized spacial score (nSPS) is 10.7. The van der Waals surface area contributed by atoms with Gasteiger partial charge in [-0.3, -0.25) is 4.79 Å². The van der Waals surface area contributed by atoms with E-state index in [2.05, 4.69) is 25.9 Å². The maximum Gasteiger partial charge on any atom is 0.228 e. The molecule has 0 radical (unpaired) electrons. The minimum atomic E-state index is -0.132. The van der Waals surface area contributed by atoms with Crippen molar-refractivity contribution in [3.8, 4) is 5.75 Å². The zero-order valence-electron chi connectivity index (χ0n) is 10.7. The fraction of sp³-hybridized carbons (Fsp3) is 0.0667. The third-order valence-electron chi connectivity index (χ3n) is 3.01. The number of carbonyl (C=O) groups is 1. The fourth-order valence-electron chi connectivity index (χ4n) is 1.96. The van der Waals surface area contributed by atoms with E-state index in [1.54, 1.807) is 19.2 Å². The summed E-state index contributed by atoms with van der Waals surface area (Å²) >= 11 is 3.35. The van der Waals surface area contributed by atoms with Crippen molar-refractivity contribution in [1.82, 2.24) is 9.97 Å². The number of H-pyrrole nitrogens is 1. The summed E-state index contributed by atoms with van der Waals surface area (Å²) in [5.41, 5.74) is 2.12. The molecule has 0 saturated carbocycles. The van der Waals surface area contributed by atoms with Crippen molar-refractivity contribution in [3.63, 3.8) is 0 Å². The Balaban J connectivity index is 2.01. The number of ketones is 1. The minimum Gasteiger partial charge on any atom is -0.497 e. The second-order valence-corrected chi connectivity index (χ2v) is 5.22. The first-order valence-electron chi connectivity index (χ1n) is 6.01. The van der Waals surface area contributed by atoms with E-state index in [1.807, 2.05) is 30.3 Å². The molecule has 0 spiro atoms. The second-order valence-electron chi connectivity index (χ2n) is 4.30. The summed E-state index contributed by atoms with van der Waals surface area (Å²) in [4.78, 5) is 19.7. The molecule has 0 aliphatic rings. The number of ether oxygens (including phenoxy) is 1. The molecular formula is C15H11BrN2O2. The van der Waals surface area contributed by atoms with Crippen molar-refractivity contribution in [3.05, 3.63) is 58.3 Å². The van der Waals surface area contributed by atoms with Crippen molar-refractivity contribution in [2.75, 3.05) is 7.11 Å². The van der Waals surface area contributed by atoms with E-state index in [4.69, 9.17) is 4.74 Å². The molecule has 5 heteroatoms. The molecule has 3 aromatic rings. The van der Waals surface area contributed by atoms with Crippen LogP contribution < -0.4 is 4.74 Å². The van der Waals surface area contributed by atoms with Crippen LogP contribution in [-0.2, 0) is 0 Å². The van der Waals surface area contributed by atoms with Crippen LogP contribution in [0.15, 0.2) is 46.9 Å². The quantitative estimate of drug-likeness (QED) is 0.747. The Bertz CT molecular complexity index is 778. The molecule has 100 valence electrons. The van der Waals surface area contributed by atoms with Crippen molar-refractivity contribution in [2.45, 2.75) is 0 Å². The number of nitrogens with zero attached hydrogens (tertiary/aromatic N) is 1. The molecule has 0 aliphatic carbocycles. The molecule has 3 rings (SSSR count). The van der Waals surface area contributed by atoms with Crippen LogP contribution in [0.25, 0.3) is 11.0 Å². The van der Waals surface area contributed by atoms with Gasteiger partial charge in [-0.2, -0.15) is 0 Å². The molecule has 0 atom stereocenters. The topological polar surface area (TPSA) is 55.0 Å². The highest BCUT2D eigenvalue weighted by Crippen LogP contribution is 2.20. The lowest BCUT2D eigenvalue weighted by Gasteiger charge is -1.97. The van der Waals surface area contributed by atoms with Crippen LogP contribution in [0.3, 0.4) is 0 Å². The van der Waals surface area contributed by atoms with Gasteiger partial charge in [-0.15, -0.1) is 0 Å². The molecule has 0 fully saturated rings. The van der Waals surface area contributed by atoms with Crippen LogP contribution in [-0.4, -0.2) is 22.9 Å². The summed E-state index contributed by atoms with van der Waals surface area (Å²) in [5.74, 6) is 0.923. The molecule has 0 unspecified atom stereocenters. The number of imidazole rings is 1. The molecule has 0 saturated heterocycles. The Kier molecular flexibility index (Phi) is 3.28. The van der Waals surface area contributed by atoms with Gasteiger partial charge >= 0.3 is 0 Å². The molecule has 0 amide bonds. The van der Waals surface area contributed by atoms with Crippen LogP contribution in [0, 0.1) is 0 Å². The summed E-state index contributed by atoms with van der Waals surface area (Å²) in [6.07, 6.45) is 0. The number of aromatic nitrogens is 2. The molecule has 0 bridgehead atoms. The summed E-state index contributed by atoms with van der Waals surface area (Å²) in [6, 6.07) is 12.7. The third kappa shape index (κ3) is 2.32. The van der Waals surface area contributed by atoms with E-state index in [0.29, 0.717) is 11.4 Å². The average Bonchev–Trinajstić information content (AvgIpc) is 2.90. The summed E-state index contributed by atoms with van der Waals surface area (Å²) in [7, 11) is 1.60. The van der Waals surface area contributed by atoms with E-state index in [-0.39, 0.29) is 5.78 Å². The van der Waals surface area contributed by atoms with E-state index in [1.165, 1.54) is 0 Å². The fourth-order valence-corrected chi connectivity index (χ4v) is 2.23. The lowest BCUT2D eigenvalue weighted by molar-refractivity contribution is 0.103. The number of halogens is 1. The first kappa shape index (κ1) is 12.9. The van der Waals surface area contributed by atoms with Gasteiger partial charge in [0.15, 0.2) is 5.82 Å². The molecule has 0 aliphatic heterocycles. The van der Waals surface area contributed by atoms with Gasteiger partial charge in [-0.05, 0) is 36.4 Å². The van der Waals surface area contributed by atoms with E-state index < -0.39 is 0 Å². The van der Waals surface area contributed by atoms with Gasteiger partial charge in [0.1, 0.15) is 5.75 Å². The van der Waals surface area contributed by atoms with Crippen LogP contribution in [0.2, 0.25) is 0 Å². The standard InChI is InChI=1S/C15H11BrN2O2/c1-20-11-6-7-12-13(8-11)18-15(17-12)14(19)9-2-4-10(16)5-3-9/h2-8H,1H3,(H,17,18). The van der Waals surface area contributed by atoms with Gasteiger partial charge in [0.25, 0.3) is 0 Å². The number of hydrogen-bond donors (Lipinski definition) is 1. The maximum atomic E-state index is 12.3. The van der Waals surface area contributed by atoms with Gasteiger partial charge in [-0.1, -0.05) is 15.9 Å². The zero-order chi connectivity index (χ0) is 14.1. The van der Waals surface area contributed by atoms with Crippen molar-refractivity contribution < 1.29 is 9.53 Å². The second kappa shape index (κ2) is 5.09. The van der Waals surface area contributed by atoms with Gasteiger partial charge in [0.05, 0.1) is 18.1 Å². The average molecular weight is 331 g/mol. The highest BCUT2D eigenvalue weighted by Gasteiger charge is 2.14. The first-order chi connectivity index (χ1) is 9.67. The molecule has 20 heavy (non-hydrogen) atoms. The summed E-state index contributed by atoms with van der Waals surface area (Å²) in [6.45, 7) is 0. The Morgan fingerprint density at radius 3 is 2.65 bits per heavy atom. The largest absolute Gasteiger partial charge is 0.497 e. The number of fused-ring (bicyclic) bond motifs is 1. The number of methoxy groups -OCH3 is 1. The van der Waals surface area contributed by atoms with Crippen molar-refractivity contribution in [1.29, 1.82) is 0 Å². The number of nitrogens with one attached hydrogen (secondary N) is 1. The van der Waals surface area contributed by atoms with Gasteiger partial charge in [-0.25, -0.2) is 4.98 Å². The lowest BCUT2D eigenvalue weighted by Crippen LogP contribution is -2.03. The summed E-state index contributed by atoms with van der Waals surface area (Å²) < 4.78 is 6.09. The number of hydrogen-bond acceptors (Lipinski definition) is 3. The van der Waals surface area contributed by atoms with Gasteiger partial charge in [0.2, 0.25) is 5.78 Å². The lowest BCUT2D eigenvalue weighted by atomic mass is 10.1. The molecular weight excluding hydrogens is 320 g/mol. The third-order valence-corrected chi connectivity index (χ3v) is 3.54. The Hall–Kier alpha value is -2.14. The number of carbonyl (C=O) groups excluding carboxylic acids is 1. The van der Waals surface area contributed by atoms with Crippen molar-refractivity contribution in [2.24, 2.45) is 0 Å². The predicted octanol–water partition coefficient (Wildman–Crippen LogP) is 3.57. The van der Waals surface area contributed by atoms with Crippen LogP contribution in [0.1, 0.15) is 16.2 Å². The smallest absolute Gasteiger partial charge is 0.228 e. The first-order valence-corrected chi connectivity index (χ1v) is 6.81. The molecule has 1 aromatic heterocycles. The highest BCUT2D eigenvalue weighted by molar-refractivity contribution is 9.10. The molecule has 1 heterocycles. The Morgan fingerprint density at radius 2 is 1.95 bits per heavy atom. The minimum absolute atomic E-state index is 0.132. The van der Waals surface area contributed by atoms with Crippen LogP contribution in [0.4, 0.5) is 0 Å². The SMILES string of the molecule is COc1ccc2nc(C(=O)c3ccc(Br)cc3)[nH]c2c1. The van der Waals surface area contributed by atoms with E-state index >= 15 is 0 Å². The van der Waals surface area contributed by atoms with Gasteiger partial charge < -0.3 is 9.72 Å². The highest BCUT2D eigenvalue weighted by atomic mass is 79.9. The number of rotatable bonds is 3.